The SMILES string of the molecule is [2H]C([2H])([2H])C([2H])([2H])C([2H])([2H])c1ccc(Br)o1. The first kappa shape index (κ1) is 2.12. The summed E-state index contributed by atoms with van der Waals surface area (Å²) in [4.78, 5) is 0. The summed E-state index contributed by atoms with van der Waals surface area (Å²) in [5.74, 6) is -0.361. The zero-order valence-corrected chi connectivity index (χ0v) is 6.03. The van der Waals surface area contributed by atoms with Crippen LogP contribution in [0.4, 0.5) is 0 Å². The molecule has 0 amide bonds. The quantitative estimate of drug-likeness (QED) is 0.708. The van der Waals surface area contributed by atoms with Crippen LogP contribution in [0.2, 0.25) is 0 Å². The predicted octanol–water partition coefficient (Wildman–Crippen LogP) is 2.99. The molecule has 0 saturated carbocycles. The highest BCUT2D eigenvalue weighted by molar-refractivity contribution is 9.10. The molecule has 1 heterocycles. The highest BCUT2D eigenvalue weighted by Gasteiger charge is 1.95. The molecule has 0 radical (unpaired) electrons. The van der Waals surface area contributed by atoms with Crippen LogP contribution in [-0.4, -0.2) is 0 Å². The van der Waals surface area contributed by atoms with Gasteiger partial charge in [-0.15, -0.1) is 0 Å². The van der Waals surface area contributed by atoms with Gasteiger partial charge < -0.3 is 4.42 Å². The molecule has 1 aromatic rings. The van der Waals surface area contributed by atoms with Crippen molar-refractivity contribution in [3.05, 3.63) is 22.6 Å². The van der Waals surface area contributed by atoms with Gasteiger partial charge in [-0.05, 0) is 34.4 Å². The van der Waals surface area contributed by atoms with Gasteiger partial charge in [0.05, 0.1) is 0 Å². The van der Waals surface area contributed by atoms with Crippen LogP contribution in [0.1, 0.15) is 28.6 Å². The fraction of sp³-hybridized carbons (Fsp3) is 0.429. The minimum Gasteiger partial charge on any atom is -0.454 e. The molecular weight excluding hydrogens is 180 g/mol. The Bertz CT molecular complexity index is 380. The smallest absolute Gasteiger partial charge is 0.169 e. The normalized spacial score (nSPS) is 26.1. The summed E-state index contributed by atoms with van der Waals surface area (Å²) in [5, 5.41) is 0. The van der Waals surface area contributed by atoms with E-state index in [0.717, 1.165) is 0 Å². The Kier molecular flexibility index (Phi) is 0.723. The summed E-state index contributed by atoms with van der Waals surface area (Å²) in [6.45, 7) is -3.07. The number of aryl methyl sites for hydroxylation is 1. The molecule has 0 atom stereocenters. The van der Waals surface area contributed by atoms with Crippen molar-refractivity contribution in [3.8, 4) is 0 Å². The van der Waals surface area contributed by atoms with E-state index in [0.29, 0.717) is 0 Å². The van der Waals surface area contributed by atoms with Crippen molar-refractivity contribution in [3.63, 3.8) is 0 Å². The Balaban J connectivity index is 3.21. The minimum absolute atomic E-state index is 0.215. The predicted molar refractivity (Wildman–Crippen MR) is 40.4 cm³/mol. The van der Waals surface area contributed by atoms with E-state index in [1.54, 1.807) is 0 Å². The topological polar surface area (TPSA) is 13.1 Å². The van der Waals surface area contributed by atoms with Crippen molar-refractivity contribution in [1.29, 1.82) is 0 Å². The molecule has 1 aromatic heterocycles. The fourth-order valence-corrected chi connectivity index (χ4v) is 0.750. The van der Waals surface area contributed by atoms with Crippen molar-refractivity contribution in [1.82, 2.24) is 0 Å². The van der Waals surface area contributed by atoms with Gasteiger partial charge in [0, 0.05) is 16.0 Å². The van der Waals surface area contributed by atoms with Gasteiger partial charge in [-0.2, -0.15) is 0 Å². The molecule has 0 aliphatic rings. The Labute approximate surface area is 73.0 Å². The number of halogens is 1. The molecule has 0 saturated heterocycles. The monoisotopic (exact) mass is 195 g/mol. The van der Waals surface area contributed by atoms with E-state index in [-0.39, 0.29) is 10.4 Å². The molecule has 0 fully saturated rings. The van der Waals surface area contributed by atoms with E-state index >= 15 is 0 Å². The first-order valence-electron chi connectivity index (χ1n) is 5.76. The number of rotatable bonds is 2. The Morgan fingerprint density at radius 1 is 1.89 bits per heavy atom. The first-order chi connectivity index (χ1) is 7.00. The molecule has 0 spiro atoms. The van der Waals surface area contributed by atoms with Crippen LogP contribution in [0.3, 0.4) is 0 Å². The third-order valence-electron chi connectivity index (χ3n) is 0.759. The van der Waals surface area contributed by atoms with Crippen LogP contribution in [-0.2, 0) is 6.37 Å². The lowest BCUT2D eigenvalue weighted by molar-refractivity contribution is 0.485. The van der Waals surface area contributed by atoms with Crippen LogP contribution in [0, 0.1) is 0 Å². The zero-order chi connectivity index (χ0) is 12.8. The van der Waals surface area contributed by atoms with Crippen molar-refractivity contribution >= 4 is 15.9 Å². The molecule has 0 bridgehead atoms. The zero-order valence-electron chi connectivity index (χ0n) is 11.4. The molecule has 0 aromatic carbocycles. The molecule has 1 nitrogen and oxygen atoms in total. The lowest BCUT2D eigenvalue weighted by atomic mass is 10.3. The van der Waals surface area contributed by atoms with Crippen molar-refractivity contribution < 1.29 is 14.0 Å². The third-order valence-corrected chi connectivity index (χ3v) is 1.19. The van der Waals surface area contributed by atoms with Gasteiger partial charge in [0.25, 0.3) is 0 Å². The lowest BCUT2D eigenvalue weighted by Crippen LogP contribution is -1.74. The fourth-order valence-electron chi connectivity index (χ4n) is 0.443. The van der Waals surface area contributed by atoms with E-state index in [1.807, 2.05) is 0 Å². The van der Waals surface area contributed by atoms with Crippen molar-refractivity contribution in [2.45, 2.75) is 19.6 Å². The van der Waals surface area contributed by atoms with Gasteiger partial charge in [-0.25, -0.2) is 0 Å². The minimum atomic E-state index is -3.07. The van der Waals surface area contributed by atoms with Crippen LogP contribution in [0.5, 0.6) is 0 Å². The van der Waals surface area contributed by atoms with Crippen molar-refractivity contribution in [2.75, 3.05) is 0 Å². The Morgan fingerprint density at radius 3 is 3.33 bits per heavy atom. The summed E-state index contributed by atoms with van der Waals surface area (Å²) in [6.07, 6.45) is -5.76. The standard InChI is InChI=1S/C7H9BrO/c1-2-3-6-4-5-7(8)9-6/h4-5H,2-3H2,1H3/i1D3,2D2,3D2. The van der Waals surface area contributed by atoms with Gasteiger partial charge in [0.15, 0.2) is 4.67 Å². The van der Waals surface area contributed by atoms with Gasteiger partial charge in [0.2, 0.25) is 0 Å². The molecule has 0 aliphatic carbocycles. The largest absolute Gasteiger partial charge is 0.454 e. The summed E-state index contributed by atoms with van der Waals surface area (Å²) in [5.41, 5.74) is 0. The average Bonchev–Trinajstić information content (AvgIpc) is 2.49. The van der Waals surface area contributed by atoms with Gasteiger partial charge in [0.1, 0.15) is 5.76 Å². The maximum absolute atomic E-state index is 7.56. The maximum Gasteiger partial charge on any atom is 0.169 e. The van der Waals surface area contributed by atoms with E-state index in [1.165, 1.54) is 12.1 Å². The average molecular weight is 196 g/mol. The second-order valence-corrected chi connectivity index (χ2v) is 2.14. The molecule has 0 N–H and O–H groups in total. The summed E-state index contributed by atoms with van der Waals surface area (Å²) in [7, 11) is 0. The van der Waals surface area contributed by atoms with Crippen LogP contribution in [0.25, 0.3) is 0 Å². The maximum atomic E-state index is 7.56. The van der Waals surface area contributed by atoms with Crippen LogP contribution in [0.15, 0.2) is 21.2 Å². The number of hydrogen-bond acceptors (Lipinski definition) is 1. The summed E-state index contributed by atoms with van der Waals surface area (Å²) in [6, 6.07) is 2.58. The van der Waals surface area contributed by atoms with E-state index in [2.05, 4.69) is 15.9 Å². The van der Waals surface area contributed by atoms with Crippen molar-refractivity contribution in [2.24, 2.45) is 0 Å². The molecule has 0 aliphatic heterocycles. The molecule has 1 rings (SSSR count). The molecule has 50 valence electrons. The lowest BCUT2D eigenvalue weighted by Gasteiger charge is -1.87. The highest BCUT2D eigenvalue weighted by Crippen LogP contribution is 2.14. The third kappa shape index (κ3) is 1.86. The molecular formula is C7H9BrO. The van der Waals surface area contributed by atoms with Gasteiger partial charge in [-0.1, -0.05) is 6.85 Å². The van der Waals surface area contributed by atoms with E-state index < -0.39 is 19.6 Å². The van der Waals surface area contributed by atoms with E-state index in [4.69, 9.17) is 14.0 Å². The van der Waals surface area contributed by atoms with Gasteiger partial charge >= 0.3 is 0 Å². The highest BCUT2D eigenvalue weighted by atomic mass is 79.9. The van der Waals surface area contributed by atoms with Crippen LogP contribution >= 0.6 is 15.9 Å². The summed E-state index contributed by atoms with van der Waals surface area (Å²) >= 11 is 2.95. The number of hydrogen-bond donors (Lipinski definition) is 0. The second kappa shape index (κ2) is 3.06. The molecule has 2 heteroatoms. The number of furan rings is 1. The molecule has 9 heavy (non-hydrogen) atoms. The van der Waals surface area contributed by atoms with Gasteiger partial charge in [-0.3, -0.25) is 0 Å². The second-order valence-electron chi connectivity index (χ2n) is 1.35. The van der Waals surface area contributed by atoms with E-state index in [9.17, 15) is 0 Å². The first-order valence-corrected chi connectivity index (χ1v) is 3.05. The molecule has 0 unspecified atom stereocenters. The van der Waals surface area contributed by atoms with Crippen LogP contribution < -0.4 is 0 Å². The Hall–Kier alpha value is -0.240. The Morgan fingerprint density at radius 2 is 2.78 bits per heavy atom. The summed E-state index contributed by atoms with van der Waals surface area (Å²) < 4.78 is 56.0.